The predicted molar refractivity (Wildman–Crippen MR) is 73.8 cm³/mol. The van der Waals surface area contributed by atoms with Gasteiger partial charge >= 0.3 is 0 Å². The van der Waals surface area contributed by atoms with Gasteiger partial charge in [0.15, 0.2) is 36.5 Å². The lowest BCUT2D eigenvalue weighted by Gasteiger charge is -2.41. The van der Waals surface area contributed by atoms with Gasteiger partial charge in [-0.1, -0.05) is 0 Å². The maximum atomic E-state index is 3.90. The van der Waals surface area contributed by atoms with Crippen LogP contribution in [0.2, 0.25) is 26.2 Å². The Morgan fingerprint density at radius 2 is 0.857 bits per heavy atom. The van der Waals surface area contributed by atoms with Crippen molar-refractivity contribution in [2.45, 2.75) is 26.2 Å². The molecule has 1 heterocycles. The summed E-state index contributed by atoms with van der Waals surface area (Å²) in [4.78, 5) is 0. The second-order valence-electron chi connectivity index (χ2n) is 4.37. The fourth-order valence-electron chi connectivity index (χ4n) is 1.84. The maximum absolute atomic E-state index is 3.90. The molecule has 0 spiro atoms. The molecule has 4 nitrogen and oxygen atoms in total. The highest BCUT2D eigenvalue weighted by molar-refractivity contribution is 6.85. The molecule has 8 heteroatoms. The Labute approximate surface area is 94.7 Å². The second-order valence-corrected chi connectivity index (χ2v) is 16.9. The third-order valence-electron chi connectivity index (χ3n) is 3.41. The molecule has 1 aliphatic heterocycles. The summed E-state index contributed by atoms with van der Waals surface area (Å²) in [7, 11) is 1.34. The highest BCUT2D eigenvalue weighted by Crippen LogP contribution is 2.01. The summed E-state index contributed by atoms with van der Waals surface area (Å²) >= 11 is 0. The fourth-order valence-corrected chi connectivity index (χ4v) is 19.7. The van der Waals surface area contributed by atoms with Crippen LogP contribution in [0.1, 0.15) is 0 Å². The Morgan fingerprint density at radius 1 is 0.643 bits per heavy atom. The molecular formula is C6H24N4Si4. The zero-order valence-electron chi connectivity index (χ0n) is 10.2. The van der Waals surface area contributed by atoms with Crippen molar-refractivity contribution in [3.63, 3.8) is 0 Å². The van der Waals surface area contributed by atoms with Crippen LogP contribution in [0.4, 0.5) is 0 Å². The third kappa shape index (κ3) is 2.85. The van der Waals surface area contributed by atoms with E-state index in [4.69, 9.17) is 0 Å². The summed E-state index contributed by atoms with van der Waals surface area (Å²) in [5.74, 6) is 0. The van der Waals surface area contributed by atoms with E-state index < -0.39 is 36.5 Å². The number of hydrogen-bond donors (Lipinski definition) is 2. The van der Waals surface area contributed by atoms with E-state index in [2.05, 4.69) is 58.0 Å². The molecule has 1 saturated heterocycles. The number of rotatable bonds is 0. The van der Waals surface area contributed by atoms with Crippen LogP contribution in [0.15, 0.2) is 0 Å². The van der Waals surface area contributed by atoms with E-state index in [1.807, 2.05) is 0 Å². The SMILES string of the molecule is CN1[SiH](C)N[SiH](C)N(C)[SiH](C)N[SiH]1C. The molecule has 0 bridgehead atoms. The summed E-state index contributed by atoms with van der Waals surface area (Å²) in [6.45, 7) is 9.67. The molecule has 14 heavy (non-hydrogen) atoms. The zero-order chi connectivity index (χ0) is 10.9. The van der Waals surface area contributed by atoms with E-state index in [0.717, 1.165) is 0 Å². The van der Waals surface area contributed by atoms with Gasteiger partial charge in [-0.2, -0.15) is 0 Å². The Morgan fingerprint density at radius 3 is 1.07 bits per heavy atom. The van der Waals surface area contributed by atoms with Crippen molar-refractivity contribution in [1.82, 2.24) is 17.8 Å². The molecule has 0 aromatic heterocycles. The summed E-state index contributed by atoms with van der Waals surface area (Å²) in [6.07, 6.45) is 0. The van der Waals surface area contributed by atoms with Crippen LogP contribution < -0.4 is 9.30 Å². The highest BCUT2D eigenvalue weighted by Gasteiger charge is 2.29. The zero-order valence-corrected chi connectivity index (χ0v) is 14.8. The van der Waals surface area contributed by atoms with Crippen LogP contribution >= 0.6 is 0 Å². The molecule has 84 valence electrons. The molecule has 0 amide bonds. The van der Waals surface area contributed by atoms with E-state index in [1.165, 1.54) is 0 Å². The van der Waals surface area contributed by atoms with Crippen LogP contribution in [-0.4, -0.2) is 59.0 Å². The first kappa shape index (κ1) is 12.8. The Balaban J connectivity index is 2.71. The average Bonchev–Trinajstić information content (AvgIpc) is 2.13. The van der Waals surface area contributed by atoms with E-state index in [1.54, 1.807) is 0 Å². The second kappa shape index (κ2) is 5.16. The molecule has 1 aliphatic rings. The van der Waals surface area contributed by atoms with E-state index >= 15 is 0 Å². The van der Waals surface area contributed by atoms with E-state index in [9.17, 15) is 0 Å². The Kier molecular flexibility index (Phi) is 4.71. The first-order valence-corrected chi connectivity index (χ1v) is 14.4. The van der Waals surface area contributed by atoms with Crippen molar-refractivity contribution < 1.29 is 0 Å². The molecule has 1 fully saturated rings. The first-order valence-electron chi connectivity index (χ1n) is 5.39. The largest absolute Gasteiger partial charge is 0.341 e. The lowest BCUT2D eigenvalue weighted by atomic mass is 11.6. The number of hydrogen-bond acceptors (Lipinski definition) is 4. The molecule has 1 rings (SSSR count). The molecule has 0 aliphatic carbocycles. The van der Waals surface area contributed by atoms with Gasteiger partial charge in [-0.25, -0.2) is 0 Å². The molecule has 4 atom stereocenters. The minimum atomic E-state index is -0.819. The molecule has 4 unspecified atom stereocenters. The minimum absolute atomic E-state index is 0.819. The number of nitrogens with zero attached hydrogens (tertiary/aromatic N) is 2. The van der Waals surface area contributed by atoms with Crippen molar-refractivity contribution >= 4 is 36.5 Å². The average molecular weight is 265 g/mol. The molecule has 0 aromatic rings. The van der Waals surface area contributed by atoms with Gasteiger partial charge in [-0.3, -0.25) is 0 Å². The van der Waals surface area contributed by atoms with Crippen LogP contribution in [0.5, 0.6) is 0 Å². The van der Waals surface area contributed by atoms with Crippen LogP contribution in [0.25, 0.3) is 0 Å². The van der Waals surface area contributed by atoms with Crippen molar-refractivity contribution in [3.05, 3.63) is 0 Å². The van der Waals surface area contributed by atoms with Gasteiger partial charge < -0.3 is 17.8 Å². The van der Waals surface area contributed by atoms with Gasteiger partial charge in [0.25, 0.3) is 0 Å². The van der Waals surface area contributed by atoms with Gasteiger partial charge in [-0.15, -0.1) is 0 Å². The monoisotopic (exact) mass is 264 g/mol. The molecular weight excluding hydrogens is 240 g/mol. The molecule has 0 aromatic carbocycles. The van der Waals surface area contributed by atoms with Gasteiger partial charge in [0.1, 0.15) is 0 Å². The van der Waals surface area contributed by atoms with Crippen molar-refractivity contribution in [2.24, 2.45) is 0 Å². The van der Waals surface area contributed by atoms with Gasteiger partial charge in [0.05, 0.1) is 0 Å². The topological polar surface area (TPSA) is 30.5 Å². The predicted octanol–water partition coefficient (Wildman–Crippen LogP) is -1.56. The van der Waals surface area contributed by atoms with Crippen LogP contribution in [0.3, 0.4) is 0 Å². The van der Waals surface area contributed by atoms with E-state index in [-0.39, 0.29) is 0 Å². The number of nitrogens with one attached hydrogen (secondary N) is 2. The minimum Gasteiger partial charge on any atom is -0.341 e. The van der Waals surface area contributed by atoms with Gasteiger partial charge in [0, 0.05) is 0 Å². The quantitative estimate of drug-likeness (QED) is 0.519. The summed E-state index contributed by atoms with van der Waals surface area (Å²) in [5.41, 5.74) is 0. The maximum Gasteiger partial charge on any atom is 0.172 e. The summed E-state index contributed by atoms with van der Waals surface area (Å²) < 4.78 is 13.1. The molecule has 0 radical (unpaired) electrons. The van der Waals surface area contributed by atoms with Gasteiger partial charge in [0.2, 0.25) is 0 Å². The lowest BCUT2D eigenvalue weighted by Crippen LogP contribution is -2.72. The first-order chi connectivity index (χ1) is 6.43. The Bertz CT molecular complexity index is 159. The summed E-state index contributed by atoms with van der Waals surface area (Å²) in [6, 6.07) is 0. The van der Waals surface area contributed by atoms with Crippen LogP contribution in [-0.2, 0) is 0 Å². The molecule has 2 N–H and O–H groups in total. The van der Waals surface area contributed by atoms with Crippen molar-refractivity contribution in [1.29, 1.82) is 0 Å². The van der Waals surface area contributed by atoms with Crippen molar-refractivity contribution in [3.8, 4) is 0 Å². The lowest BCUT2D eigenvalue weighted by molar-refractivity contribution is 0.717. The van der Waals surface area contributed by atoms with Crippen molar-refractivity contribution in [2.75, 3.05) is 14.1 Å². The fraction of sp³-hybridized carbons (Fsp3) is 1.00. The third-order valence-corrected chi connectivity index (χ3v) is 21.4. The van der Waals surface area contributed by atoms with Crippen LogP contribution in [0, 0.1) is 0 Å². The molecule has 0 saturated carbocycles. The smallest absolute Gasteiger partial charge is 0.172 e. The summed E-state index contributed by atoms with van der Waals surface area (Å²) in [5, 5.41) is 0. The normalized spacial score (nSPS) is 43.3. The highest BCUT2D eigenvalue weighted by atomic mass is 28.4. The van der Waals surface area contributed by atoms with E-state index in [0.29, 0.717) is 0 Å². The standard InChI is InChI=1S/C6H24N4Si4/c1-9-11(3)7-13(5)10(2)14(6)8-12(9)4/h7-8,11-14H,1-6H3. The Hall–Kier alpha value is 0.708. The van der Waals surface area contributed by atoms with Gasteiger partial charge in [-0.05, 0) is 40.3 Å².